The molecule has 4 aromatic rings. The predicted octanol–water partition coefficient (Wildman–Crippen LogP) is 7.83. The van der Waals surface area contributed by atoms with Crippen molar-refractivity contribution < 1.29 is 9.15 Å². The molecular formula is C28H29NO2. The van der Waals surface area contributed by atoms with Gasteiger partial charge in [0, 0.05) is 11.6 Å². The highest BCUT2D eigenvalue weighted by Gasteiger charge is 2.21. The van der Waals surface area contributed by atoms with E-state index in [0.717, 1.165) is 22.4 Å². The number of rotatable bonds is 4. The van der Waals surface area contributed by atoms with Crippen LogP contribution in [0.15, 0.2) is 59.0 Å². The average molecular weight is 412 g/mol. The Morgan fingerprint density at radius 1 is 0.806 bits per heavy atom. The van der Waals surface area contributed by atoms with E-state index >= 15 is 0 Å². The minimum absolute atomic E-state index is 0.560. The summed E-state index contributed by atoms with van der Waals surface area (Å²) >= 11 is 0. The number of hydrogen-bond acceptors (Lipinski definition) is 3. The number of fused-ring (bicyclic) bond motifs is 1. The van der Waals surface area contributed by atoms with Gasteiger partial charge in [-0.3, -0.25) is 0 Å². The van der Waals surface area contributed by atoms with Crippen molar-refractivity contribution in [2.45, 2.75) is 51.9 Å². The van der Waals surface area contributed by atoms with Crippen LogP contribution in [0.1, 0.15) is 54.7 Å². The fourth-order valence-corrected chi connectivity index (χ4v) is 4.95. The highest BCUT2D eigenvalue weighted by Crippen LogP contribution is 2.40. The maximum Gasteiger partial charge on any atom is 0.227 e. The number of oxazole rings is 1. The second-order valence-electron chi connectivity index (χ2n) is 8.87. The van der Waals surface area contributed by atoms with Crippen LogP contribution in [-0.2, 0) is 0 Å². The van der Waals surface area contributed by atoms with Crippen molar-refractivity contribution >= 4 is 11.1 Å². The van der Waals surface area contributed by atoms with E-state index in [1.807, 2.05) is 6.07 Å². The van der Waals surface area contributed by atoms with Gasteiger partial charge in [-0.2, -0.15) is 0 Å². The minimum atomic E-state index is 0.560. The summed E-state index contributed by atoms with van der Waals surface area (Å²) in [6.45, 7) is 4.28. The molecular weight excluding hydrogens is 382 g/mol. The van der Waals surface area contributed by atoms with Crippen molar-refractivity contribution in [2.24, 2.45) is 0 Å². The number of nitrogens with zero attached hydrogens (tertiary/aromatic N) is 1. The Labute approximate surface area is 184 Å². The lowest BCUT2D eigenvalue weighted by atomic mass is 9.83. The van der Waals surface area contributed by atoms with E-state index in [0.29, 0.717) is 11.8 Å². The maximum atomic E-state index is 6.13. The third-order valence-corrected chi connectivity index (χ3v) is 6.47. The Hall–Kier alpha value is -3.07. The van der Waals surface area contributed by atoms with Crippen molar-refractivity contribution in [2.75, 3.05) is 7.11 Å². The molecule has 0 unspecified atom stereocenters. The van der Waals surface area contributed by atoms with Gasteiger partial charge in [-0.25, -0.2) is 4.98 Å². The fourth-order valence-electron chi connectivity index (χ4n) is 4.95. The molecule has 0 atom stereocenters. The topological polar surface area (TPSA) is 35.3 Å². The summed E-state index contributed by atoms with van der Waals surface area (Å²) in [6, 6.07) is 19.3. The van der Waals surface area contributed by atoms with Crippen LogP contribution in [0.3, 0.4) is 0 Å². The van der Waals surface area contributed by atoms with E-state index in [1.54, 1.807) is 7.11 Å². The van der Waals surface area contributed by atoms with Gasteiger partial charge in [0.25, 0.3) is 0 Å². The number of aromatic nitrogens is 1. The van der Waals surface area contributed by atoms with E-state index < -0.39 is 0 Å². The molecule has 1 aromatic heterocycles. The van der Waals surface area contributed by atoms with Crippen molar-refractivity contribution in [3.8, 4) is 28.3 Å². The Kier molecular flexibility index (Phi) is 5.27. The van der Waals surface area contributed by atoms with Gasteiger partial charge in [-0.15, -0.1) is 0 Å². The smallest absolute Gasteiger partial charge is 0.227 e. The zero-order chi connectivity index (χ0) is 21.4. The van der Waals surface area contributed by atoms with E-state index in [2.05, 4.69) is 62.4 Å². The summed E-state index contributed by atoms with van der Waals surface area (Å²) in [7, 11) is 1.75. The molecule has 0 N–H and O–H groups in total. The first-order chi connectivity index (χ1) is 15.1. The number of benzene rings is 3. The molecule has 1 aliphatic rings. The van der Waals surface area contributed by atoms with Crippen LogP contribution in [0.2, 0.25) is 0 Å². The van der Waals surface area contributed by atoms with Gasteiger partial charge < -0.3 is 9.15 Å². The summed E-state index contributed by atoms with van der Waals surface area (Å²) < 4.78 is 11.8. The predicted molar refractivity (Wildman–Crippen MR) is 127 cm³/mol. The van der Waals surface area contributed by atoms with E-state index in [-0.39, 0.29) is 0 Å². The Bertz CT molecular complexity index is 1190. The molecule has 1 saturated carbocycles. The first-order valence-electron chi connectivity index (χ1n) is 11.3. The quantitative estimate of drug-likeness (QED) is 0.343. The van der Waals surface area contributed by atoms with E-state index in [1.165, 1.54) is 59.9 Å². The van der Waals surface area contributed by atoms with Crippen LogP contribution < -0.4 is 4.74 Å². The highest BCUT2D eigenvalue weighted by molar-refractivity contribution is 5.80. The molecule has 0 aliphatic heterocycles. The molecule has 1 fully saturated rings. The standard InChI is InChI=1S/C28H29NO2/c1-18-13-19(2)15-23(14-18)20-9-11-22(12-10-20)28-29-25-16-24(21-7-5-4-6-8-21)26(30-3)17-27(25)31-28/h9-17,21H,4-8H2,1-3H3. The van der Waals surface area contributed by atoms with Crippen LogP contribution in [-0.4, -0.2) is 12.1 Å². The highest BCUT2D eigenvalue weighted by atomic mass is 16.5. The van der Waals surface area contributed by atoms with Gasteiger partial charge in [0.05, 0.1) is 7.11 Å². The largest absolute Gasteiger partial charge is 0.496 e. The molecule has 5 rings (SSSR count). The normalized spacial score (nSPS) is 14.8. The number of aryl methyl sites for hydroxylation is 2. The molecule has 0 bridgehead atoms. The van der Waals surface area contributed by atoms with Gasteiger partial charge in [0.2, 0.25) is 5.89 Å². The molecule has 0 saturated heterocycles. The van der Waals surface area contributed by atoms with Crippen LogP contribution in [0.5, 0.6) is 5.75 Å². The van der Waals surface area contributed by atoms with Crippen molar-refractivity contribution in [3.05, 3.63) is 71.3 Å². The van der Waals surface area contributed by atoms with Crippen LogP contribution in [0, 0.1) is 13.8 Å². The molecule has 3 aromatic carbocycles. The lowest BCUT2D eigenvalue weighted by molar-refractivity contribution is 0.387. The summed E-state index contributed by atoms with van der Waals surface area (Å²) in [6.07, 6.45) is 6.39. The van der Waals surface area contributed by atoms with Gasteiger partial charge in [0.1, 0.15) is 11.3 Å². The Morgan fingerprint density at radius 3 is 2.16 bits per heavy atom. The first-order valence-corrected chi connectivity index (χ1v) is 11.3. The Balaban J connectivity index is 1.48. The third-order valence-electron chi connectivity index (χ3n) is 6.47. The van der Waals surface area contributed by atoms with Crippen molar-refractivity contribution in [1.29, 1.82) is 0 Å². The molecule has 3 heteroatoms. The molecule has 0 radical (unpaired) electrons. The SMILES string of the molecule is COc1cc2oc(-c3ccc(-c4cc(C)cc(C)c4)cc3)nc2cc1C1CCCCC1. The van der Waals surface area contributed by atoms with Gasteiger partial charge in [-0.1, -0.05) is 60.7 Å². The van der Waals surface area contributed by atoms with Crippen LogP contribution in [0.4, 0.5) is 0 Å². The fraction of sp³-hybridized carbons (Fsp3) is 0.321. The van der Waals surface area contributed by atoms with Gasteiger partial charge in [0.15, 0.2) is 5.58 Å². The van der Waals surface area contributed by atoms with Gasteiger partial charge in [-0.05, 0) is 67.5 Å². The first kappa shape index (κ1) is 19.9. The second-order valence-corrected chi connectivity index (χ2v) is 8.87. The summed E-state index contributed by atoms with van der Waals surface area (Å²) in [4.78, 5) is 4.82. The molecule has 0 spiro atoms. The van der Waals surface area contributed by atoms with Crippen molar-refractivity contribution in [1.82, 2.24) is 4.98 Å². The molecule has 31 heavy (non-hydrogen) atoms. The lowest BCUT2D eigenvalue weighted by Gasteiger charge is -2.23. The zero-order valence-corrected chi connectivity index (χ0v) is 18.6. The summed E-state index contributed by atoms with van der Waals surface area (Å²) in [5.41, 5.74) is 8.96. The zero-order valence-electron chi connectivity index (χ0n) is 18.6. The Morgan fingerprint density at radius 2 is 1.48 bits per heavy atom. The lowest BCUT2D eigenvalue weighted by Crippen LogP contribution is -2.06. The molecule has 1 heterocycles. The van der Waals surface area contributed by atoms with E-state index in [9.17, 15) is 0 Å². The molecule has 0 amide bonds. The number of methoxy groups -OCH3 is 1. The van der Waals surface area contributed by atoms with E-state index in [4.69, 9.17) is 14.1 Å². The number of ether oxygens (including phenoxy) is 1. The monoisotopic (exact) mass is 411 g/mol. The maximum absolute atomic E-state index is 6.13. The molecule has 1 aliphatic carbocycles. The second kappa shape index (κ2) is 8.22. The van der Waals surface area contributed by atoms with Crippen LogP contribution >= 0.6 is 0 Å². The molecule has 158 valence electrons. The molecule has 3 nitrogen and oxygen atoms in total. The number of hydrogen-bond donors (Lipinski definition) is 0. The minimum Gasteiger partial charge on any atom is -0.496 e. The van der Waals surface area contributed by atoms with Crippen LogP contribution in [0.25, 0.3) is 33.7 Å². The summed E-state index contributed by atoms with van der Waals surface area (Å²) in [5, 5.41) is 0. The van der Waals surface area contributed by atoms with Crippen molar-refractivity contribution in [3.63, 3.8) is 0 Å². The summed E-state index contributed by atoms with van der Waals surface area (Å²) in [5.74, 6) is 2.14. The average Bonchev–Trinajstić information content (AvgIpc) is 3.21. The third kappa shape index (κ3) is 3.97. The van der Waals surface area contributed by atoms with Gasteiger partial charge >= 0.3 is 0 Å².